The second-order valence-electron chi connectivity index (χ2n) is 7.56. The SMILES string of the molecule is Cl.O=C(c1ccccc1)N1CCC(C(=O)N2C3CCNCC2CC3)CC1. The van der Waals surface area contributed by atoms with Gasteiger partial charge in [0.25, 0.3) is 5.91 Å². The lowest BCUT2D eigenvalue weighted by molar-refractivity contribution is -0.139. The van der Waals surface area contributed by atoms with E-state index in [1.165, 1.54) is 0 Å². The van der Waals surface area contributed by atoms with Gasteiger partial charge in [0, 0.05) is 43.2 Å². The summed E-state index contributed by atoms with van der Waals surface area (Å²) >= 11 is 0. The van der Waals surface area contributed by atoms with E-state index in [2.05, 4.69) is 10.2 Å². The second-order valence-corrected chi connectivity index (χ2v) is 7.56. The molecule has 2 bridgehead atoms. The first kappa shape index (κ1) is 19.2. The van der Waals surface area contributed by atoms with Crippen LogP contribution in [0.1, 0.15) is 42.5 Å². The standard InChI is InChI=1S/C20H27N3O2.ClH/c24-19(15-4-2-1-3-5-15)22-12-9-16(10-13-22)20(25)23-17-6-7-18(23)14-21-11-8-17;/h1-5,16-18,21H,6-14H2;1H. The quantitative estimate of drug-likeness (QED) is 0.860. The Morgan fingerprint density at radius 1 is 0.923 bits per heavy atom. The molecule has 0 aromatic heterocycles. The van der Waals surface area contributed by atoms with Gasteiger partial charge in [-0.05, 0) is 50.8 Å². The van der Waals surface area contributed by atoms with Gasteiger partial charge in [-0.15, -0.1) is 12.4 Å². The zero-order chi connectivity index (χ0) is 17.2. The van der Waals surface area contributed by atoms with Crippen LogP contribution in [-0.2, 0) is 4.79 Å². The fourth-order valence-electron chi connectivity index (χ4n) is 4.65. The van der Waals surface area contributed by atoms with E-state index in [1.54, 1.807) is 0 Å². The molecular weight excluding hydrogens is 350 g/mol. The summed E-state index contributed by atoms with van der Waals surface area (Å²) in [6, 6.07) is 10.2. The van der Waals surface area contributed by atoms with E-state index in [-0.39, 0.29) is 24.2 Å². The predicted octanol–water partition coefficient (Wildman–Crippen LogP) is 2.31. The number of nitrogens with one attached hydrogen (secondary N) is 1. The minimum atomic E-state index is 0. The molecule has 4 rings (SSSR count). The number of hydrogen-bond acceptors (Lipinski definition) is 3. The van der Waals surface area contributed by atoms with Gasteiger partial charge in [0.05, 0.1) is 0 Å². The Bertz CT molecular complexity index is 617. The van der Waals surface area contributed by atoms with Crippen molar-refractivity contribution in [2.75, 3.05) is 26.2 Å². The summed E-state index contributed by atoms with van der Waals surface area (Å²) < 4.78 is 0. The van der Waals surface area contributed by atoms with E-state index in [0.29, 0.717) is 31.1 Å². The molecule has 3 fully saturated rings. The van der Waals surface area contributed by atoms with Crippen molar-refractivity contribution in [2.24, 2.45) is 5.92 Å². The molecule has 2 amide bonds. The third-order valence-electron chi connectivity index (χ3n) is 6.06. The molecule has 1 N–H and O–H groups in total. The Kier molecular flexibility index (Phi) is 6.20. The van der Waals surface area contributed by atoms with Gasteiger partial charge < -0.3 is 15.1 Å². The molecule has 1 aromatic rings. The lowest BCUT2D eigenvalue weighted by Crippen LogP contribution is -2.48. The van der Waals surface area contributed by atoms with Gasteiger partial charge in [-0.3, -0.25) is 9.59 Å². The smallest absolute Gasteiger partial charge is 0.253 e. The molecule has 5 nitrogen and oxygen atoms in total. The molecule has 3 aliphatic heterocycles. The molecule has 2 unspecified atom stereocenters. The van der Waals surface area contributed by atoms with Crippen LogP contribution in [0.5, 0.6) is 0 Å². The van der Waals surface area contributed by atoms with Gasteiger partial charge >= 0.3 is 0 Å². The monoisotopic (exact) mass is 377 g/mol. The van der Waals surface area contributed by atoms with Crippen LogP contribution in [0.25, 0.3) is 0 Å². The Morgan fingerprint density at radius 2 is 1.62 bits per heavy atom. The normalized spacial score (nSPS) is 26.2. The van der Waals surface area contributed by atoms with E-state index < -0.39 is 0 Å². The molecule has 1 aromatic carbocycles. The van der Waals surface area contributed by atoms with Gasteiger partial charge in [0.2, 0.25) is 5.91 Å². The molecular formula is C20H28ClN3O2. The fraction of sp³-hybridized carbons (Fsp3) is 0.600. The lowest BCUT2D eigenvalue weighted by atomic mass is 9.94. The van der Waals surface area contributed by atoms with Crippen molar-refractivity contribution in [3.63, 3.8) is 0 Å². The molecule has 3 heterocycles. The lowest BCUT2D eigenvalue weighted by Gasteiger charge is -2.36. The molecule has 142 valence electrons. The van der Waals surface area contributed by atoms with Crippen LogP contribution >= 0.6 is 12.4 Å². The van der Waals surface area contributed by atoms with Crippen molar-refractivity contribution >= 4 is 24.2 Å². The maximum absolute atomic E-state index is 13.1. The predicted molar refractivity (Wildman–Crippen MR) is 103 cm³/mol. The minimum Gasteiger partial charge on any atom is -0.339 e. The number of carbonyl (C=O) groups excluding carboxylic acids is 2. The maximum atomic E-state index is 13.1. The van der Waals surface area contributed by atoms with Crippen molar-refractivity contribution in [1.29, 1.82) is 0 Å². The number of amides is 2. The highest BCUT2D eigenvalue weighted by Crippen LogP contribution is 2.32. The van der Waals surface area contributed by atoms with Crippen LogP contribution in [0, 0.1) is 5.92 Å². The number of rotatable bonds is 2. The number of carbonyl (C=O) groups is 2. The summed E-state index contributed by atoms with van der Waals surface area (Å²) in [6.45, 7) is 3.33. The number of benzene rings is 1. The number of halogens is 1. The topological polar surface area (TPSA) is 52.7 Å². The van der Waals surface area contributed by atoms with Crippen LogP contribution in [0.4, 0.5) is 0 Å². The van der Waals surface area contributed by atoms with Gasteiger partial charge in [-0.1, -0.05) is 18.2 Å². The number of fused-ring (bicyclic) bond motifs is 2. The molecule has 6 heteroatoms. The molecule has 0 spiro atoms. The Labute approximate surface area is 161 Å². The largest absolute Gasteiger partial charge is 0.339 e. The maximum Gasteiger partial charge on any atom is 0.253 e. The molecule has 26 heavy (non-hydrogen) atoms. The van der Waals surface area contributed by atoms with E-state index >= 15 is 0 Å². The van der Waals surface area contributed by atoms with Crippen molar-refractivity contribution in [3.05, 3.63) is 35.9 Å². The average Bonchev–Trinajstić information content (AvgIpc) is 2.94. The highest BCUT2D eigenvalue weighted by atomic mass is 35.5. The molecule has 0 saturated carbocycles. The first-order chi connectivity index (χ1) is 12.2. The molecule has 0 radical (unpaired) electrons. The van der Waals surface area contributed by atoms with Crippen LogP contribution in [-0.4, -0.2) is 59.9 Å². The molecule has 3 aliphatic rings. The molecule has 3 saturated heterocycles. The fourth-order valence-corrected chi connectivity index (χ4v) is 4.65. The van der Waals surface area contributed by atoms with E-state index in [1.807, 2.05) is 35.2 Å². The number of nitrogens with zero attached hydrogens (tertiary/aromatic N) is 2. The van der Waals surface area contributed by atoms with Gasteiger partial charge in [-0.2, -0.15) is 0 Å². The summed E-state index contributed by atoms with van der Waals surface area (Å²) in [5.74, 6) is 0.509. The van der Waals surface area contributed by atoms with Crippen molar-refractivity contribution in [1.82, 2.24) is 15.1 Å². The van der Waals surface area contributed by atoms with Crippen LogP contribution in [0.2, 0.25) is 0 Å². The van der Waals surface area contributed by atoms with E-state index in [9.17, 15) is 9.59 Å². The third-order valence-corrected chi connectivity index (χ3v) is 6.06. The minimum absolute atomic E-state index is 0. The van der Waals surface area contributed by atoms with Crippen molar-refractivity contribution < 1.29 is 9.59 Å². The summed E-state index contributed by atoms with van der Waals surface area (Å²) in [6.07, 6.45) is 4.95. The third kappa shape index (κ3) is 3.74. The number of hydrogen-bond donors (Lipinski definition) is 1. The highest BCUT2D eigenvalue weighted by Gasteiger charge is 2.41. The van der Waals surface area contributed by atoms with Crippen molar-refractivity contribution in [3.8, 4) is 0 Å². The first-order valence-corrected chi connectivity index (χ1v) is 9.61. The Hall–Kier alpha value is -1.59. The van der Waals surface area contributed by atoms with E-state index in [0.717, 1.165) is 50.8 Å². The molecule has 2 atom stereocenters. The number of likely N-dealkylation sites (tertiary alicyclic amines) is 1. The van der Waals surface area contributed by atoms with Crippen LogP contribution < -0.4 is 5.32 Å². The van der Waals surface area contributed by atoms with Crippen molar-refractivity contribution in [2.45, 2.75) is 44.2 Å². The van der Waals surface area contributed by atoms with Crippen LogP contribution in [0.3, 0.4) is 0 Å². The average molecular weight is 378 g/mol. The summed E-state index contributed by atoms with van der Waals surface area (Å²) in [5.41, 5.74) is 0.740. The first-order valence-electron chi connectivity index (χ1n) is 9.61. The molecule has 0 aliphatic carbocycles. The summed E-state index contributed by atoms with van der Waals surface area (Å²) in [7, 11) is 0. The Morgan fingerprint density at radius 3 is 2.35 bits per heavy atom. The van der Waals surface area contributed by atoms with Gasteiger partial charge in [0.15, 0.2) is 0 Å². The zero-order valence-electron chi connectivity index (χ0n) is 15.1. The van der Waals surface area contributed by atoms with Gasteiger partial charge in [-0.25, -0.2) is 0 Å². The second kappa shape index (κ2) is 8.40. The number of piperidine rings is 1. The summed E-state index contributed by atoms with van der Waals surface area (Å²) in [4.78, 5) is 29.8. The highest BCUT2D eigenvalue weighted by molar-refractivity contribution is 5.94. The summed E-state index contributed by atoms with van der Waals surface area (Å²) in [5, 5.41) is 3.46. The van der Waals surface area contributed by atoms with E-state index in [4.69, 9.17) is 0 Å². The van der Waals surface area contributed by atoms with Crippen LogP contribution in [0.15, 0.2) is 30.3 Å². The Balaban J connectivity index is 0.00000196. The zero-order valence-corrected chi connectivity index (χ0v) is 15.9. The van der Waals surface area contributed by atoms with Gasteiger partial charge in [0.1, 0.15) is 0 Å².